The number of hydrogen-bond donors (Lipinski definition) is 2. The van der Waals surface area contributed by atoms with Crippen LogP contribution in [0.5, 0.6) is 11.5 Å². The highest BCUT2D eigenvalue weighted by Gasteiger charge is 2.11. The van der Waals surface area contributed by atoms with Crippen LogP contribution in [-0.4, -0.2) is 28.5 Å². The number of nitrogens with two attached hydrogens (primary N) is 2. The monoisotopic (exact) mass is 326 g/mol. The molecule has 0 radical (unpaired) electrons. The van der Waals surface area contributed by atoms with Gasteiger partial charge in [0.25, 0.3) is 5.91 Å². The van der Waals surface area contributed by atoms with Crippen LogP contribution in [0.2, 0.25) is 0 Å². The summed E-state index contributed by atoms with van der Waals surface area (Å²) in [5.74, 6) is 0.597. The molecule has 3 aromatic rings. The number of aromatic nitrogens is 2. The first-order valence-corrected chi connectivity index (χ1v) is 7.50. The summed E-state index contributed by atoms with van der Waals surface area (Å²) in [5.41, 5.74) is 13.9. The number of imidazole rings is 1. The number of anilines is 1. The number of fused-ring (bicyclic) bond motifs is 1. The second-order valence-corrected chi connectivity index (χ2v) is 5.17. The lowest BCUT2D eigenvalue weighted by Crippen LogP contribution is -2.20. The molecule has 0 spiro atoms. The summed E-state index contributed by atoms with van der Waals surface area (Å²) in [4.78, 5) is 15.5. The molecule has 24 heavy (non-hydrogen) atoms. The van der Waals surface area contributed by atoms with Gasteiger partial charge < -0.3 is 25.3 Å². The molecule has 2 aromatic heterocycles. The minimum absolute atomic E-state index is 0.197. The second-order valence-electron chi connectivity index (χ2n) is 5.17. The largest absolute Gasteiger partial charge is 0.492 e. The molecule has 4 N–H and O–H groups in total. The number of benzene rings is 1. The molecule has 7 heteroatoms. The number of carbonyl (C=O) groups excluding carboxylic acids is 1. The van der Waals surface area contributed by atoms with Gasteiger partial charge in [-0.25, -0.2) is 4.98 Å². The SMILES string of the molecule is CCOc1ccc(-c2cn3cccc(OCC(N)=O)c3n2)cc1N. The first kappa shape index (κ1) is 15.7. The predicted molar refractivity (Wildman–Crippen MR) is 90.9 cm³/mol. The zero-order valence-corrected chi connectivity index (χ0v) is 13.2. The smallest absolute Gasteiger partial charge is 0.255 e. The van der Waals surface area contributed by atoms with Crippen LogP contribution in [-0.2, 0) is 4.79 Å². The zero-order chi connectivity index (χ0) is 17.1. The second kappa shape index (κ2) is 6.49. The number of hydrogen-bond acceptors (Lipinski definition) is 5. The Kier molecular flexibility index (Phi) is 4.24. The summed E-state index contributed by atoms with van der Waals surface area (Å²) < 4.78 is 12.7. The van der Waals surface area contributed by atoms with Crippen LogP contribution in [0.25, 0.3) is 16.9 Å². The molecule has 0 saturated heterocycles. The van der Waals surface area contributed by atoms with Gasteiger partial charge in [0.1, 0.15) is 5.75 Å². The number of ether oxygens (including phenoxy) is 2. The van der Waals surface area contributed by atoms with Gasteiger partial charge in [-0.05, 0) is 37.3 Å². The van der Waals surface area contributed by atoms with Gasteiger partial charge in [-0.15, -0.1) is 0 Å². The summed E-state index contributed by atoms with van der Waals surface area (Å²) in [6.45, 7) is 2.26. The van der Waals surface area contributed by atoms with Crippen molar-refractivity contribution in [2.45, 2.75) is 6.92 Å². The fourth-order valence-electron chi connectivity index (χ4n) is 2.38. The van der Waals surface area contributed by atoms with Crippen molar-refractivity contribution in [1.29, 1.82) is 0 Å². The van der Waals surface area contributed by atoms with Crippen molar-refractivity contribution < 1.29 is 14.3 Å². The maximum atomic E-state index is 10.9. The molecular formula is C17H18N4O3. The quantitative estimate of drug-likeness (QED) is 0.673. The Morgan fingerprint density at radius 3 is 2.79 bits per heavy atom. The molecular weight excluding hydrogens is 308 g/mol. The number of nitrogens with zero attached hydrogens (tertiary/aromatic N) is 2. The number of pyridine rings is 1. The summed E-state index contributed by atoms with van der Waals surface area (Å²) in [7, 11) is 0. The standard InChI is InChI=1S/C17H18N4O3/c1-2-23-14-6-5-11(8-12(14)18)13-9-21-7-3-4-15(17(21)20-13)24-10-16(19)22/h3-9H,2,10,18H2,1H3,(H2,19,22). The van der Waals surface area contributed by atoms with Crippen LogP contribution in [0.3, 0.4) is 0 Å². The first-order chi connectivity index (χ1) is 11.6. The summed E-state index contributed by atoms with van der Waals surface area (Å²) >= 11 is 0. The van der Waals surface area contributed by atoms with E-state index in [0.717, 1.165) is 11.3 Å². The van der Waals surface area contributed by atoms with Gasteiger partial charge in [-0.1, -0.05) is 0 Å². The Labute approximate surface area is 138 Å². The van der Waals surface area contributed by atoms with Crippen molar-refractivity contribution in [3.63, 3.8) is 0 Å². The molecule has 2 heterocycles. The third-order valence-corrected chi connectivity index (χ3v) is 3.42. The van der Waals surface area contributed by atoms with Gasteiger partial charge in [0.15, 0.2) is 18.0 Å². The molecule has 0 aliphatic rings. The van der Waals surface area contributed by atoms with E-state index < -0.39 is 5.91 Å². The van der Waals surface area contributed by atoms with Crippen molar-refractivity contribution in [2.75, 3.05) is 18.9 Å². The first-order valence-electron chi connectivity index (χ1n) is 7.50. The lowest BCUT2D eigenvalue weighted by molar-refractivity contribution is -0.119. The average Bonchev–Trinajstić information content (AvgIpc) is 2.99. The molecule has 7 nitrogen and oxygen atoms in total. The van der Waals surface area contributed by atoms with E-state index in [2.05, 4.69) is 4.98 Å². The number of carbonyl (C=O) groups is 1. The van der Waals surface area contributed by atoms with Crippen molar-refractivity contribution in [3.8, 4) is 22.8 Å². The van der Waals surface area contributed by atoms with E-state index in [-0.39, 0.29) is 6.61 Å². The predicted octanol–water partition coefficient (Wildman–Crippen LogP) is 1.85. The average molecular weight is 326 g/mol. The molecule has 0 aliphatic heterocycles. The molecule has 0 fully saturated rings. The topological polar surface area (TPSA) is 105 Å². The fraction of sp³-hybridized carbons (Fsp3) is 0.176. The lowest BCUT2D eigenvalue weighted by Gasteiger charge is -2.07. The summed E-state index contributed by atoms with van der Waals surface area (Å²) in [6.07, 6.45) is 3.71. The van der Waals surface area contributed by atoms with Gasteiger partial charge in [0.05, 0.1) is 18.0 Å². The van der Waals surface area contributed by atoms with E-state index >= 15 is 0 Å². The minimum Gasteiger partial charge on any atom is -0.492 e. The highest BCUT2D eigenvalue weighted by atomic mass is 16.5. The van der Waals surface area contributed by atoms with E-state index in [1.165, 1.54) is 0 Å². The molecule has 0 saturated carbocycles. The fourth-order valence-corrected chi connectivity index (χ4v) is 2.38. The molecule has 1 aromatic carbocycles. The molecule has 0 bridgehead atoms. The van der Waals surface area contributed by atoms with E-state index in [0.29, 0.717) is 29.4 Å². The molecule has 0 unspecified atom stereocenters. The van der Waals surface area contributed by atoms with E-state index in [1.54, 1.807) is 12.1 Å². The van der Waals surface area contributed by atoms with Gasteiger partial charge in [0, 0.05) is 18.0 Å². The Bertz CT molecular complexity index is 889. The van der Waals surface area contributed by atoms with Crippen LogP contribution in [0.4, 0.5) is 5.69 Å². The van der Waals surface area contributed by atoms with Crippen molar-refractivity contribution in [2.24, 2.45) is 5.73 Å². The van der Waals surface area contributed by atoms with Crippen LogP contribution in [0, 0.1) is 0 Å². The molecule has 3 rings (SSSR count). The third-order valence-electron chi connectivity index (χ3n) is 3.42. The summed E-state index contributed by atoms with van der Waals surface area (Å²) in [6, 6.07) is 9.08. The zero-order valence-electron chi connectivity index (χ0n) is 13.2. The van der Waals surface area contributed by atoms with Crippen LogP contribution in [0.15, 0.2) is 42.7 Å². The van der Waals surface area contributed by atoms with Gasteiger partial charge in [-0.3, -0.25) is 4.79 Å². The summed E-state index contributed by atoms with van der Waals surface area (Å²) in [5, 5.41) is 0. The van der Waals surface area contributed by atoms with Gasteiger partial charge in [0.2, 0.25) is 0 Å². The van der Waals surface area contributed by atoms with Gasteiger partial charge >= 0.3 is 0 Å². The van der Waals surface area contributed by atoms with Crippen LogP contribution < -0.4 is 20.9 Å². The highest BCUT2D eigenvalue weighted by molar-refractivity contribution is 5.76. The molecule has 1 amide bonds. The molecule has 0 aliphatic carbocycles. The molecule has 124 valence electrons. The lowest BCUT2D eigenvalue weighted by atomic mass is 10.1. The van der Waals surface area contributed by atoms with Crippen LogP contribution >= 0.6 is 0 Å². The normalized spacial score (nSPS) is 10.7. The number of amides is 1. The number of rotatable bonds is 6. The third kappa shape index (κ3) is 3.10. The van der Waals surface area contributed by atoms with E-state index in [1.807, 2.05) is 41.9 Å². The van der Waals surface area contributed by atoms with E-state index in [4.69, 9.17) is 20.9 Å². The maximum Gasteiger partial charge on any atom is 0.255 e. The van der Waals surface area contributed by atoms with Crippen molar-refractivity contribution >= 4 is 17.2 Å². The Balaban J connectivity index is 1.97. The van der Waals surface area contributed by atoms with Crippen molar-refractivity contribution in [1.82, 2.24) is 9.38 Å². The number of primary amides is 1. The Morgan fingerprint density at radius 2 is 2.08 bits per heavy atom. The minimum atomic E-state index is -0.539. The van der Waals surface area contributed by atoms with Gasteiger partial charge in [-0.2, -0.15) is 0 Å². The Hall–Kier alpha value is -3.22. The van der Waals surface area contributed by atoms with Crippen LogP contribution in [0.1, 0.15) is 6.92 Å². The Morgan fingerprint density at radius 1 is 1.25 bits per heavy atom. The van der Waals surface area contributed by atoms with Crippen molar-refractivity contribution in [3.05, 3.63) is 42.7 Å². The highest BCUT2D eigenvalue weighted by Crippen LogP contribution is 2.29. The van der Waals surface area contributed by atoms with E-state index in [9.17, 15) is 4.79 Å². The number of nitrogen functional groups attached to an aromatic ring is 1. The maximum absolute atomic E-state index is 10.9. The molecule has 0 atom stereocenters.